The van der Waals surface area contributed by atoms with Gasteiger partial charge in [0.2, 0.25) is 0 Å². The van der Waals surface area contributed by atoms with Gasteiger partial charge in [0, 0.05) is 47.1 Å². The number of phenolic OH excluding ortho intramolecular Hbond substituents is 2. The van der Waals surface area contributed by atoms with Crippen LogP contribution in [0.4, 0.5) is 5.82 Å². The van der Waals surface area contributed by atoms with Gasteiger partial charge in [-0.2, -0.15) is 0 Å². The molecule has 4 aliphatic rings. The Labute approximate surface area is 285 Å². The second kappa shape index (κ2) is 11.7. The third-order valence-electron chi connectivity index (χ3n) is 10.8. The number of aromatic nitrogens is 1. The number of ether oxygens (including phenoxy) is 4. The molecule has 2 aliphatic heterocycles. The summed E-state index contributed by atoms with van der Waals surface area (Å²) in [6, 6.07) is 15.1. The van der Waals surface area contributed by atoms with Crippen molar-refractivity contribution in [2.24, 2.45) is 5.92 Å². The third kappa shape index (κ3) is 5.09. The number of hydrogen-bond donors (Lipinski definition) is 3. The summed E-state index contributed by atoms with van der Waals surface area (Å²) in [5.41, 5.74) is 14.3. The molecule has 4 atom stereocenters. The van der Waals surface area contributed by atoms with Crippen LogP contribution in [-0.4, -0.2) is 42.0 Å². The number of aromatic hydroxyl groups is 2. The molecule has 1 saturated carbocycles. The van der Waals surface area contributed by atoms with Gasteiger partial charge in [-0.05, 0) is 90.5 Å². The Kier molecular flexibility index (Phi) is 7.36. The number of benzene rings is 3. The van der Waals surface area contributed by atoms with Crippen LogP contribution >= 0.6 is 0 Å². The minimum atomic E-state index is -0.560. The van der Waals surface area contributed by atoms with Crippen LogP contribution in [0.2, 0.25) is 0 Å². The van der Waals surface area contributed by atoms with E-state index in [1.807, 2.05) is 18.2 Å². The standard InChI is InChI=1S/C40H38N2O7/c1-21(43)48-20-30-27-8-9-28-36-25(14-26(44)16-34(36)47-3)19-40-12-11-22(18-40)13-24-7-10-35(41)42-31(24)6-4-5-23-15-32(45)33(46-2)17-29(23)38(30)49-39(27)37(28)40/h7-10,14-17,22,30,38,44-45H,5,11-13,18-20H2,1-3H3,(H2,41,42)/t22-,30+,38+,40+/m0/s1. The van der Waals surface area contributed by atoms with E-state index in [9.17, 15) is 15.0 Å². The van der Waals surface area contributed by atoms with Crippen molar-refractivity contribution in [3.63, 3.8) is 0 Å². The maximum absolute atomic E-state index is 12.2. The van der Waals surface area contributed by atoms with E-state index in [1.54, 1.807) is 25.3 Å². The van der Waals surface area contributed by atoms with E-state index in [1.165, 1.54) is 14.0 Å². The lowest BCUT2D eigenvalue weighted by Gasteiger charge is -2.39. The topological polar surface area (TPSA) is 133 Å². The summed E-state index contributed by atoms with van der Waals surface area (Å²) in [6.07, 6.45) is 4.06. The van der Waals surface area contributed by atoms with Gasteiger partial charge in [0.15, 0.2) is 11.5 Å². The predicted octanol–water partition coefficient (Wildman–Crippen LogP) is 6.28. The molecule has 1 fully saturated rings. The van der Waals surface area contributed by atoms with Crippen molar-refractivity contribution in [2.45, 2.75) is 62.9 Å². The lowest BCUT2D eigenvalue weighted by atomic mass is 9.65. The average molecular weight is 659 g/mol. The largest absolute Gasteiger partial charge is 0.508 e. The van der Waals surface area contributed by atoms with Crippen molar-refractivity contribution in [3.8, 4) is 51.7 Å². The molecular formula is C40H38N2O7. The highest BCUT2D eigenvalue weighted by molar-refractivity contribution is 5.84. The van der Waals surface area contributed by atoms with Crippen LogP contribution < -0.4 is 19.9 Å². The normalized spacial score (nSPS) is 22.6. The molecule has 3 aromatic carbocycles. The summed E-state index contributed by atoms with van der Waals surface area (Å²) >= 11 is 0. The number of methoxy groups -OCH3 is 2. The molecule has 0 saturated heterocycles. The minimum Gasteiger partial charge on any atom is -0.508 e. The number of phenols is 2. The summed E-state index contributed by atoms with van der Waals surface area (Å²) in [5.74, 6) is 8.53. The molecule has 4 aromatic rings. The molecule has 4 N–H and O–H groups in total. The van der Waals surface area contributed by atoms with Gasteiger partial charge in [0.05, 0.1) is 20.1 Å². The number of carbonyl (C=O) groups excluding carboxylic acids is 1. The first-order valence-electron chi connectivity index (χ1n) is 16.7. The number of esters is 1. The van der Waals surface area contributed by atoms with Crippen molar-refractivity contribution < 1.29 is 34.0 Å². The minimum absolute atomic E-state index is 0.00335. The van der Waals surface area contributed by atoms with Gasteiger partial charge in [0.25, 0.3) is 0 Å². The summed E-state index contributed by atoms with van der Waals surface area (Å²) in [6.45, 7) is 1.52. The van der Waals surface area contributed by atoms with Gasteiger partial charge >= 0.3 is 5.97 Å². The quantitative estimate of drug-likeness (QED) is 0.171. The second-order valence-electron chi connectivity index (χ2n) is 13.8. The SMILES string of the molecule is COc1cc2c(cc1O)CC#Cc1nc(N)ccc1C[C@@H]1CC[C@]3(Cc4cc(O)cc(OC)c4-c4ccc5c(c43)O[C@H]2[C@@H]5COC(C)=O)C1. The van der Waals surface area contributed by atoms with E-state index in [-0.39, 0.29) is 35.4 Å². The monoisotopic (exact) mass is 658 g/mol. The maximum atomic E-state index is 12.2. The molecule has 8 rings (SSSR count). The zero-order valence-corrected chi connectivity index (χ0v) is 27.8. The van der Waals surface area contributed by atoms with Crippen molar-refractivity contribution in [3.05, 3.63) is 87.6 Å². The lowest BCUT2D eigenvalue weighted by molar-refractivity contribution is -0.141. The molecule has 1 aromatic heterocycles. The van der Waals surface area contributed by atoms with E-state index in [0.717, 1.165) is 75.9 Å². The van der Waals surface area contributed by atoms with E-state index in [0.29, 0.717) is 41.8 Å². The molecule has 9 nitrogen and oxygen atoms in total. The molecule has 4 bridgehead atoms. The van der Waals surface area contributed by atoms with E-state index >= 15 is 0 Å². The van der Waals surface area contributed by atoms with Crippen molar-refractivity contribution in [2.75, 3.05) is 26.6 Å². The summed E-state index contributed by atoms with van der Waals surface area (Å²) < 4.78 is 24.3. The molecule has 250 valence electrons. The van der Waals surface area contributed by atoms with Gasteiger partial charge in [0.1, 0.15) is 41.5 Å². The van der Waals surface area contributed by atoms with Crippen LogP contribution in [0.15, 0.2) is 48.5 Å². The first-order chi connectivity index (χ1) is 23.7. The Bertz CT molecular complexity index is 2100. The first kappa shape index (κ1) is 30.9. The van der Waals surface area contributed by atoms with Crippen LogP contribution in [0, 0.1) is 17.8 Å². The number of rotatable bonds is 4. The molecule has 0 unspecified atom stereocenters. The first-order valence-corrected chi connectivity index (χ1v) is 16.7. The van der Waals surface area contributed by atoms with Crippen LogP contribution in [0.3, 0.4) is 0 Å². The zero-order chi connectivity index (χ0) is 34.0. The second-order valence-corrected chi connectivity index (χ2v) is 13.8. The fourth-order valence-corrected chi connectivity index (χ4v) is 8.82. The summed E-state index contributed by atoms with van der Waals surface area (Å²) in [4.78, 5) is 16.8. The lowest BCUT2D eigenvalue weighted by Crippen LogP contribution is -2.31. The molecule has 1 spiro atoms. The number of nitrogens with two attached hydrogens (primary N) is 1. The van der Waals surface area contributed by atoms with Gasteiger partial charge < -0.3 is 34.9 Å². The predicted molar refractivity (Wildman–Crippen MR) is 183 cm³/mol. The number of hydrogen-bond acceptors (Lipinski definition) is 9. The fourth-order valence-electron chi connectivity index (χ4n) is 8.82. The Balaban J connectivity index is 1.40. The van der Waals surface area contributed by atoms with Crippen molar-refractivity contribution in [1.82, 2.24) is 4.98 Å². The Morgan fingerprint density at radius 2 is 1.88 bits per heavy atom. The van der Waals surface area contributed by atoms with Crippen LogP contribution in [0.1, 0.15) is 77.3 Å². The highest BCUT2D eigenvalue weighted by Crippen LogP contribution is 2.62. The Hall–Kier alpha value is -5.36. The summed E-state index contributed by atoms with van der Waals surface area (Å²) in [5, 5.41) is 21.7. The number of pyridine rings is 1. The van der Waals surface area contributed by atoms with Crippen LogP contribution in [0.25, 0.3) is 11.1 Å². The number of anilines is 1. The molecule has 0 amide bonds. The number of nitrogens with zero attached hydrogens (tertiary/aromatic N) is 1. The fraction of sp³-hybridized carbons (Fsp3) is 0.350. The van der Waals surface area contributed by atoms with E-state index < -0.39 is 6.10 Å². The smallest absolute Gasteiger partial charge is 0.302 e. The molecule has 3 heterocycles. The van der Waals surface area contributed by atoms with Gasteiger partial charge in [-0.3, -0.25) is 4.79 Å². The molecule has 49 heavy (non-hydrogen) atoms. The van der Waals surface area contributed by atoms with Gasteiger partial charge in [-0.15, -0.1) is 0 Å². The molecule has 9 heteroatoms. The zero-order valence-electron chi connectivity index (χ0n) is 27.8. The van der Waals surface area contributed by atoms with Gasteiger partial charge in [-0.1, -0.05) is 24.1 Å². The Morgan fingerprint density at radius 1 is 1.04 bits per heavy atom. The van der Waals surface area contributed by atoms with Crippen LogP contribution in [-0.2, 0) is 34.2 Å². The number of fused-ring (bicyclic) bond motifs is 7. The third-order valence-corrected chi connectivity index (χ3v) is 10.8. The van der Waals surface area contributed by atoms with E-state index in [4.69, 9.17) is 24.7 Å². The number of carbonyl (C=O) groups is 1. The highest BCUT2D eigenvalue weighted by atomic mass is 16.5. The van der Waals surface area contributed by atoms with Gasteiger partial charge in [-0.25, -0.2) is 4.98 Å². The molecule has 0 radical (unpaired) electrons. The molecular weight excluding hydrogens is 620 g/mol. The van der Waals surface area contributed by atoms with Crippen molar-refractivity contribution >= 4 is 11.8 Å². The molecule has 2 aliphatic carbocycles. The van der Waals surface area contributed by atoms with E-state index in [2.05, 4.69) is 29.0 Å². The van der Waals surface area contributed by atoms with Crippen molar-refractivity contribution in [1.29, 1.82) is 0 Å². The number of nitrogen functional groups attached to an aromatic ring is 1. The maximum Gasteiger partial charge on any atom is 0.302 e. The Morgan fingerprint density at radius 3 is 2.67 bits per heavy atom. The highest BCUT2D eigenvalue weighted by Gasteiger charge is 2.50. The summed E-state index contributed by atoms with van der Waals surface area (Å²) in [7, 11) is 3.14. The van der Waals surface area contributed by atoms with Crippen LogP contribution in [0.5, 0.6) is 28.7 Å². The average Bonchev–Trinajstić information content (AvgIpc) is 3.64.